The van der Waals surface area contributed by atoms with Crippen LogP contribution in [-0.2, 0) is 9.47 Å². The summed E-state index contributed by atoms with van der Waals surface area (Å²) in [5.74, 6) is 0. The second kappa shape index (κ2) is 27.6. The maximum absolute atomic E-state index is 6.04. The zero-order valence-corrected chi connectivity index (χ0v) is 23.0. The summed E-state index contributed by atoms with van der Waals surface area (Å²) < 4.78 is 12.1. The van der Waals surface area contributed by atoms with Crippen molar-refractivity contribution in [2.24, 2.45) is 0 Å². The molecule has 1 atom stereocenters. The number of hydrogen-bond donors (Lipinski definition) is 0. The van der Waals surface area contributed by atoms with Crippen LogP contribution in [0, 0.1) is 0 Å². The Morgan fingerprint density at radius 3 is 1.48 bits per heavy atom. The number of nitrogens with zero attached hydrogens (tertiary/aromatic N) is 1. The summed E-state index contributed by atoms with van der Waals surface area (Å²) in [6, 6.07) is 0. The number of rotatable bonds is 26. The van der Waals surface area contributed by atoms with Gasteiger partial charge in [-0.05, 0) is 59.0 Å². The minimum absolute atomic E-state index is 0.0754. The van der Waals surface area contributed by atoms with E-state index in [-0.39, 0.29) is 6.29 Å². The normalized spacial score (nSPS) is 13.1. The van der Waals surface area contributed by atoms with E-state index < -0.39 is 0 Å². The zero-order chi connectivity index (χ0) is 24.2. The predicted octanol–water partition coefficient (Wildman–Crippen LogP) is 9.08. The van der Waals surface area contributed by atoms with Gasteiger partial charge in [-0.1, -0.05) is 109 Å². The van der Waals surface area contributed by atoms with Gasteiger partial charge in [0.1, 0.15) is 0 Å². The zero-order valence-electron chi connectivity index (χ0n) is 23.0. The molecule has 0 bridgehead atoms. The van der Waals surface area contributed by atoms with Gasteiger partial charge in [-0.3, -0.25) is 0 Å². The van der Waals surface area contributed by atoms with Crippen molar-refractivity contribution in [1.82, 2.24) is 4.90 Å². The average Bonchev–Trinajstić information content (AvgIpc) is 2.80. The lowest BCUT2D eigenvalue weighted by atomic mass is 10.1. The first-order valence-electron chi connectivity index (χ1n) is 14.4. The maximum Gasteiger partial charge on any atom is 0.170 e. The first kappa shape index (κ1) is 32.4. The molecule has 0 aliphatic rings. The number of hydrogen-bond acceptors (Lipinski definition) is 3. The van der Waals surface area contributed by atoms with Gasteiger partial charge in [0.15, 0.2) is 6.29 Å². The Labute approximate surface area is 208 Å². The van der Waals surface area contributed by atoms with Crippen LogP contribution < -0.4 is 0 Å². The maximum atomic E-state index is 6.04. The van der Waals surface area contributed by atoms with Gasteiger partial charge < -0.3 is 14.4 Å². The molecule has 0 rings (SSSR count). The molecule has 0 fully saturated rings. The lowest BCUT2D eigenvalue weighted by Crippen LogP contribution is -2.31. The van der Waals surface area contributed by atoms with Crippen LogP contribution >= 0.6 is 0 Å². The van der Waals surface area contributed by atoms with Crippen LogP contribution in [0.1, 0.15) is 129 Å². The van der Waals surface area contributed by atoms with E-state index in [1.54, 1.807) is 0 Å². The number of ether oxygens (including phenoxy) is 2. The molecule has 1 unspecified atom stereocenters. The van der Waals surface area contributed by atoms with Crippen LogP contribution in [-0.4, -0.2) is 45.0 Å². The highest BCUT2D eigenvalue weighted by Gasteiger charge is 2.10. The molecule has 0 radical (unpaired) electrons. The summed E-state index contributed by atoms with van der Waals surface area (Å²) in [4.78, 5) is 2.16. The van der Waals surface area contributed by atoms with Gasteiger partial charge in [0, 0.05) is 19.8 Å². The fraction of sp³-hybridized carbons (Fsp3) is 0.867. The van der Waals surface area contributed by atoms with Gasteiger partial charge in [-0.2, -0.15) is 0 Å². The Morgan fingerprint density at radius 2 is 0.970 bits per heavy atom. The van der Waals surface area contributed by atoms with Crippen molar-refractivity contribution in [2.45, 2.75) is 136 Å². The van der Waals surface area contributed by atoms with Gasteiger partial charge in [0.25, 0.3) is 0 Å². The smallest absolute Gasteiger partial charge is 0.170 e. The summed E-state index contributed by atoms with van der Waals surface area (Å²) in [5, 5.41) is 0. The number of unbranched alkanes of at least 4 members (excludes halogenated alkanes) is 14. The topological polar surface area (TPSA) is 21.7 Å². The van der Waals surface area contributed by atoms with E-state index in [4.69, 9.17) is 9.47 Å². The molecule has 0 aromatic carbocycles. The minimum Gasteiger partial charge on any atom is -0.351 e. The molecule has 0 amide bonds. The summed E-state index contributed by atoms with van der Waals surface area (Å²) in [7, 11) is 4.18. The Kier molecular flexibility index (Phi) is 27.1. The Hall–Kier alpha value is -0.640. The standard InChI is InChI=1S/C30H59NO2/c1-5-7-9-11-13-14-15-16-17-18-19-20-21-22-24-26-28-33-30(29-31(3)4)32-27-25-23-12-10-8-6-2/h13-14,16-17,30H,5-12,15,18-29H2,1-4H3. The van der Waals surface area contributed by atoms with Crippen molar-refractivity contribution in [3.8, 4) is 0 Å². The third-order valence-corrected chi connectivity index (χ3v) is 5.96. The third kappa shape index (κ3) is 27.5. The monoisotopic (exact) mass is 465 g/mol. The molecule has 196 valence electrons. The van der Waals surface area contributed by atoms with E-state index >= 15 is 0 Å². The van der Waals surface area contributed by atoms with Crippen LogP contribution in [0.3, 0.4) is 0 Å². The van der Waals surface area contributed by atoms with Crippen molar-refractivity contribution in [1.29, 1.82) is 0 Å². The largest absolute Gasteiger partial charge is 0.351 e. The first-order valence-corrected chi connectivity index (χ1v) is 14.4. The summed E-state index contributed by atoms with van der Waals surface area (Å²) >= 11 is 0. The van der Waals surface area contributed by atoms with Crippen molar-refractivity contribution in [3.63, 3.8) is 0 Å². The SMILES string of the molecule is CCCCCC=CCC=CCCCCCCCCOC(CN(C)C)OCCCCCCCC. The molecule has 3 nitrogen and oxygen atoms in total. The minimum atomic E-state index is -0.0754. The quantitative estimate of drug-likeness (QED) is 0.0722. The van der Waals surface area contributed by atoms with E-state index in [1.165, 1.54) is 96.3 Å². The van der Waals surface area contributed by atoms with Crippen LogP contribution in [0.2, 0.25) is 0 Å². The molecule has 0 saturated heterocycles. The molecule has 0 saturated carbocycles. The molecule has 0 N–H and O–H groups in total. The van der Waals surface area contributed by atoms with Crippen molar-refractivity contribution in [3.05, 3.63) is 24.3 Å². The van der Waals surface area contributed by atoms with E-state index in [2.05, 4.69) is 57.1 Å². The second-order valence-electron chi connectivity index (χ2n) is 9.79. The van der Waals surface area contributed by atoms with Crippen LogP contribution in [0.25, 0.3) is 0 Å². The van der Waals surface area contributed by atoms with Gasteiger partial charge in [-0.25, -0.2) is 0 Å². The Bertz CT molecular complexity index is 420. The van der Waals surface area contributed by atoms with Gasteiger partial charge in [0.05, 0.1) is 0 Å². The Morgan fingerprint density at radius 1 is 0.545 bits per heavy atom. The predicted molar refractivity (Wildman–Crippen MR) is 147 cm³/mol. The number of allylic oxidation sites excluding steroid dienone is 4. The highest BCUT2D eigenvalue weighted by Crippen LogP contribution is 2.10. The molecule has 3 heteroatoms. The molecule has 0 aromatic heterocycles. The fourth-order valence-corrected chi connectivity index (χ4v) is 3.85. The van der Waals surface area contributed by atoms with Crippen molar-refractivity contribution in [2.75, 3.05) is 33.9 Å². The second-order valence-corrected chi connectivity index (χ2v) is 9.79. The summed E-state index contributed by atoms with van der Waals surface area (Å²) in [5.41, 5.74) is 0. The molecule has 33 heavy (non-hydrogen) atoms. The van der Waals surface area contributed by atoms with Crippen LogP contribution in [0.4, 0.5) is 0 Å². The molecular weight excluding hydrogens is 406 g/mol. The lowest BCUT2D eigenvalue weighted by Gasteiger charge is -2.22. The van der Waals surface area contributed by atoms with E-state index in [9.17, 15) is 0 Å². The third-order valence-electron chi connectivity index (χ3n) is 5.96. The summed E-state index contributed by atoms with van der Waals surface area (Å²) in [6.07, 6.45) is 32.4. The van der Waals surface area contributed by atoms with Gasteiger partial charge >= 0.3 is 0 Å². The van der Waals surface area contributed by atoms with E-state index in [0.29, 0.717) is 0 Å². The molecule has 0 heterocycles. The summed E-state index contributed by atoms with van der Waals surface area (Å²) in [6.45, 7) is 7.02. The molecule has 0 aliphatic carbocycles. The fourth-order valence-electron chi connectivity index (χ4n) is 3.85. The van der Waals surface area contributed by atoms with Crippen molar-refractivity contribution >= 4 is 0 Å². The highest BCUT2D eigenvalue weighted by atomic mass is 16.7. The Balaban J connectivity index is 3.54. The van der Waals surface area contributed by atoms with Gasteiger partial charge in [-0.15, -0.1) is 0 Å². The molecule has 0 spiro atoms. The van der Waals surface area contributed by atoms with Gasteiger partial charge in [0.2, 0.25) is 0 Å². The van der Waals surface area contributed by atoms with E-state index in [1.807, 2.05) is 0 Å². The van der Waals surface area contributed by atoms with Crippen LogP contribution in [0.15, 0.2) is 24.3 Å². The average molecular weight is 466 g/mol. The van der Waals surface area contributed by atoms with Crippen LogP contribution in [0.5, 0.6) is 0 Å². The number of likely N-dealkylation sites (N-methyl/N-ethyl adjacent to an activating group) is 1. The molecular formula is C30H59NO2. The molecule has 0 aromatic rings. The van der Waals surface area contributed by atoms with Crippen molar-refractivity contribution < 1.29 is 9.47 Å². The van der Waals surface area contributed by atoms with E-state index in [0.717, 1.165) is 39.0 Å². The highest BCUT2D eigenvalue weighted by molar-refractivity contribution is 4.92. The lowest BCUT2D eigenvalue weighted by molar-refractivity contribution is -0.150. The molecule has 0 aliphatic heterocycles. The first-order chi connectivity index (χ1) is 16.2.